The van der Waals surface area contributed by atoms with E-state index in [1.54, 1.807) is 0 Å². The summed E-state index contributed by atoms with van der Waals surface area (Å²) in [6.45, 7) is -0.378. The lowest BCUT2D eigenvalue weighted by Crippen LogP contribution is -2.29. The van der Waals surface area contributed by atoms with Crippen LogP contribution in [0.1, 0.15) is 11.1 Å². The van der Waals surface area contributed by atoms with Crippen molar-refractivity contribution in [1.82, 2.24) is 5.32 Å². The molecule has 0 bridgehead atoms. The summed E-state index contributed by atoms with van der Waals surface area (Å²) in [5.41, 5.74) is -0.848. The van der Waals surface area contributed by atoms with E-state index < -0.39 is 29.9 Å². The molecule has 2 aromatic rings. The van der Waals surface area contributed by atoms with Gasteiger partial charge in [-0.2, -0.15) is 13.2 Å². The third-order valence-corrected chi connectivity index (χ3v) is 3.11. The van der Waals surface area contributed by atoms with Gasteiger partial charge in [0, 0.05) is 12.2 Å². The number of carbonyl (C=O) groups is 1. The fourth-order valence-corrected chi connectivity index (χ4v) is 2.04. The van der Waals surface area contributed by atoms with Crippen LogP contribution in [0.5, 0.6) is 5.75 Å². The molecule has 0 aliphatic carbocycles. The Kier molecular flexibility index (Phi) is 5.63. The fraction of sp³-hybridized carbons (Fsp3) is 0.188. The van der Waals surface area contributed by atoms with Gasteiger partial charge in [-0.3, -0.25) is 0 Å². The molecule has 2 N–H and O–H groups in total. The van der Waals surface area contributed by atoms with Crippen LogP contribution in [0.15, 0.2) is 48.5 Å². The molecule has 0 spiro atoms. The summed E-state index contributed by atoms with van der Waals surface area (Å²) in [4.78, 5) is 11.7. The predicted octanol–water partition coefficient (Wildman–Crippen LogP) is 4.93. The Balaban J connectivity index is 1.94. The van der Waals surface area contributed by atoms with Crippen molar-refractivity contribution in [3.05, 3.63) is 59.7 Å². The van der Waals surface area contributed by atoms with E-state index in [0.29, 0.717) is 0 Å². The number of benzene rings is 2. The Hall–Kier alpha value is -2.91. The van der Waals surface area contributed by atoms with Gasteiger partial charge in [0.15, 0.2) is 0 Å². The van der Waals surface area contributed by atoms with E-state index in [-0.39, 0.29) is 17.8 Å². The van der Waals surface area contributed by atoms with Crippen molar-refractivity contribution in [2.45, 2.75) is 19.1 Å². The summed E-state index contributed by atoms with van der Waals surface area (Å²) < 4.78 is 78.4. The van der Waals surface area contributed by atoms with E-state index >= 15 is 0 Å². The molecule has 0 aliphatic heterocycles. The monoisotopic (exact) mass is 378 g/mol. The number of nitrogens with one attached hydrogen (secondary N) is 2. The van der Waals surface area contributed by atoms with E-state index in [0.717, 1.165) is 30.3 Å². The van der Waals surface area contributed by atoms with E-state index in [9.17, 15) is 31.1 Å². The van der Waals surface area contributed by atoms with Crippen LogP contribution >= 0.6 is 0 Å². The fourth-order valence-electron chi connectivity index (χ4n) is 2.04. The summed E-state index contributed by atoms with van der Waals surface area (Å²) in [6.07, 6.45) is -9.39. The molecule has 0 radical (unpaired) electrons. The van der Waals surface area contributed by atoms with Crippen LogP contribution in [0.3, 0.4) is 0 Å². The summed E-state index contributed by atoms with van der Waals surface area (Å²) >= 11 is 0. The molecule has 0 aromatic heterocycles. The molecule has 0 aliphatic rings. The van der Waals surface area contributed by atoms with Crippen LogP contribution in [-0.4, -0.2) is 12.4 Å². The highest BCUT2D eigenvalue weighted by atomic mass is 19.4. The number of halogens is 6. The molecule has 0 unspecified atom stereocenters. The first-order valence-electron chi connectivity index (χ1n) is 7.10. The third-order valence-electron chi connectivity index (χ3n) is 3.11. The lowest BCUT2D eigenvalue weighted by molar-refractivity contribution is -0.274. The van der Waals surface area contributed by atoms with Crippen LogP contribution in [0.2, 0.25) is 0 Å². The largest absolute Gasteiger partial charge is 0.573 e. The number of amides is 2. The van der Waals surface area contributed by atoms with Crippen LogP contribution in [-0.2, 0) is 12.7 Å². The Morgan fingerprint density at radius 2 is 1.54 bits per heavy atom. The second kappa shape index (κ2) is 7.54. The smallest absolute Gasteiger partial charge is 0.406 e. The molecular weight excluding hydrogens is 366 g/mol. The number of rotatable bonds is 4. The van der Waals surface area contributed by atoms with Gasteiger partial charge < -0.3 is 15.4 Å². The Morgan fingerprint density at radius 3 is 2.12 bits per heavy atom. The van der Waals surface area contributed by atoms with Gasteiger partial charge >= 0.3 is 18.6 Å². The Bertz CT molecular complexity index is 757. The zero-order valence-electron chi connectivity index (χ0n) is 12.9. The highest BCUT2D eigenvalue weighted by molar-refractivity contribution is 5.89. The maximum absolute atomic E-state index is 12.9. The van der Waals surface area contributed by atoms with Crippen LogP contribution in [0, 0.1) is 0 Å². The summed E-state index contributed by atoms with van der Waals surface area (Å²) in [5, 5.41) is 4.54. The average molecular weight is 378 g/mol. The van der Waals surface area contributed by atoms with Gasteiger partial charge in [-0.05, 0) is 35.9 Å². The molecule has 10 heteroatoms. The van der Waals surface area contributed by atoms with Crippen LogP contribution < -0.4 is 15.4 Å². The molecule has 4 nitrogen and oxygen atoms in total. The third kappa shape index (κ3) is 5.87. The molecule has 2 amide bonds. The topological polar surface area (TPSA) is 50.4 Å². The molecule has 0 heterocycles. The zero-order valence-corrected chi connectivity index (χ0v) is 12.9. The van der Waals surface area contributed by atoms with Gasteiger partial charge in [-0.25, -0.2) is 4.79 Å². The van der Waals surface area contributed by atoms with E-state index in [4.69, 9.17) is 0 Å². The Labute approximate surface area is 143 Å². The lowest BCUT2D eigenvalue weighted by Gasteiger charge is -2.14. The average Bonchev–Trinajstić information content (AvgIpc) is 2.53. The molecule has 140 valence electrons. The van der Waals surface area contributed by atoms with Gasteiger partial charge in [0.1, 0.15) is 5.75 Å². The molecule has 0 saturated carbocycles. The second-order valence-electron chi connectivity index (χ2n) is 5.03. The summed E-state index contributed by atoms with van der Waals surface area (Å²) in [7, 11) is 0. The van der Waals surface area contributed by atoms with Gasteiger partial charge in [0.05, 0.1) is 5.56 Å². The van der Waals surface area contributed by atoms with Crippen LogP contribution in [0.4, 0.5) is 36.8 Å². The molecule has 26 heavy (non-hydrogen) atoms. The van der Waals surface area contributed by atoms with E-state index in [2.05, 4.69) is 15.4 Å². The SMILES string of the molecule is O=C(NCc1ccccc1C(F)(F)F)Nc1ccc(OC(F)(F)F)cc1. The molecule has 0 fully saturated rings. The standard InChI is InChI=1S/C16H12F6N2O2/c17-15(18,19)13-4-2-1-3-10(13)9-23-14(25)24-11-5-7-12(8-6-11)26-16(20,21)22/h1-8H,9H2,(H2,23,24,25). The highest BCUT2D eigenvalue weighted by Gasteiger charge is 2.33. The summed E-state index contributed by atoms with van der Waals surface area (Å²) in [5.74, 6) is -0.470. The van der Waals surface area contributed by atoms with Crippen molar-refractivity contribution in [3.63, 3.8) is 0 Å². The number of hydrogen-bond acceptors (Lipinski definition) is 2. The highest BCUT2D eigenvalue weighted by Crippen LogP contribution is 2.31. The first kappa shape index (κ1) is 19.4. The van der Waals surface area contributed by atoms with Crippen LogP contribution in [0.25, 0.3) is 0 Å². The zero-order chi connectivity index (χ0) is 19.4. The number of carbonyl (C=O) groups excluding carboxylic acids is 1. The van der Waals surface area contributed by atoms with Crippen molar-refractivity contribution < 1.29 is 35.9 Å². The molecule has 0 saturated heterocycles. The number of anilines is 1. The normalized spacial score (nSPS) is 11.8. The molecule has 2 rings (SSSR count). The summed E-state index contributed by atoms with van der Waals surface area (Å²) in [6, 6.07) is 8.24. The number of alkyl halides is 6. The van der Waals surface area contributed by atoms with Gasteiger partial charge in [0.25, 0.3) is 0 Å². The van der Waals surface area contributed by atoms with E-state index in [1.807, 2.05) is 0 Å². The molecule has 0 atom stereocenters. The molecule has 2 aromatic carbocycles. The first-order chi connectivity index (χ1) is 12.0. The number of ether oxygens (including phenoxy) is 1. The number of urea groups is 1. The lowest BCUT2D eigenvalue weighted by atomic mass is 10.1. The maximum Gasteiger partial charge on any atom is 0.573 e. The quantitative estimate of drug-likeness (QED) is 0.742. The maximum atomic E-state index is 12.9. The van der Waals surface area contributed by atoms with E-state index in [1.165, 1.54) is 18.2 Å². The van der Waals surface area contributed by atoms with Gasteiger partial charge in [-0.15, -0.1) is 13.2 Å². The minimum absolute atomic E-state index is 0.121. The van der Waals surface area contributed by atoms with Gasteiger partial charge in [-0.1, -0.05) is 18.2 Å². The molecular formula is C16H12F6N2O2. The second-order valence-corrected chi connectivity index (χ2v) is 5.03. The first-order valence-corrected chi connectivity index (χ1v) is 7.10. The Morgan fingerprint density at radius 1 is 0.923 bits per heavy atom. The van der Waals surface area contributed by atoms with Crippen molar-refractivity contribution in [3.8, 4) is 5.75 Å². The minimum atomic E-state index is -4.84. The van der Waals surface area contributed by atoms with Crippen molar-refractivity contribution in [2.75, 3.05) is 5.32 Å². The number of hydrogen-bond donors (Lipinski definition) is 2. The van der Waals surface area contributed by atoms with Crippen molar-refractivity contribution in [1.29, 1.82) is 0 Å². The van der Waals surface area contributed by atoms with Crippen molar-refractivity contribution in [2.24, 2.45) is 0 Å². The predicted molar refractivity (Wildman–Crippen MR) is 80.4 cm³/mol. The van der Waals surface area contributed by atoms with Crippen molar-refractivity contribution >= 4 is 11.7 Å². The van der Waals surface area contributed by atoms with Gasteiger partial charge in [0.2, 0.25) is 0 Å². The minimum Gasteiger partial charge on any atom is -0.406 e.